The Bertz CT molecular complexity index is 380. The van der Waals surface area contributed by atoms with E-state index in [2.05, 4.69) is 11.8 Å². The van der Waals surface area contributed by atoms with Crippen LogP contribution in [0.25, 0.3) is 0 Å². The van der Waals surface area contributed by atoms with Crippen LogP contribution >= 0.6 is 0 Å². The first-order valence-electron chi connectivity index (χ1n) is 7.03. The van der Waals surface area contributed by atoms with Crippen molar-refractivity contribution in [3.63, 3.8) is 0 Å². The molecule has 0 spiro atoms. The molecule has 0 saturated carbocycles. The maximum atomic E-state index is 10.3. The lowest BCUT2D eigenvalue weighted by molar-refractivity contribution is -0.0418. The van der Waals surface area contributed by atoms with Gasteiger partial charge in [-0.1, -0.05) is 31.2 Å². The molecule has 0 aromatic heterocycles. The van der Waals surface area contributed by atoms with Crippen LogP contribution in [0.5, 0.6) is 0 Å². The lowest BCUT2D eigenvalue weighted by Gasteiger charge is -2.33. The van der Waals surface area contributed by atoms with E-state index in [1.165, 1.54) is 0 Å². The molecular weight excluding hydrogens is 240 g/mol. The van der Waals surface area contributed by atoms with Crippen molar-refractivity contribution in [1.29, 1.82) is 0 Å². The fourth-order valence-corrected chi connectivity index (χ4v) is 2.42. The Balaban J connectivity index is 1.90. The van der Waals surface area contributed by atoms with E-state index >= 15 is 0 Å². The van der Waals surface area contributed by atoms with Gasteiger partial charge in [0.05, 0.1) is 18.8 Å². The van der Waals surface area contributed by atoms with Crippen molar-refractivity contribution in [1.82, 2.24) is 4.90 Å². The van der Waals surface area contributed by atoms with Gasteiger partial charge in [-0.15, -0.1) is 0 Å². The minimum Gasteiger partial charge on any atom is -0.387 e. The van der Waals surface area contributed by atoms with Crippen LogP contribution in [0, 0.1) is 0 Å². The smallest absolute Gasteiger partial charge is 0.0916 e. The second-order valence-electron chi connectivity index (χ2n) is 5.12. The van der Waals surface area contributed by atoms with Crippen LogP contribution in [0.2, 0.25) is 0 Å². The molecule has 19 heavy (non-hydrogen) atoms. The Hall–Kier alpha value is -0.940. The predicted octanol–water partition coefficient (Wildman–Crippen LogP) is 1.29. The largest absolute Gasteiger partial charge is 0.387 e. The molecule has 0 aliphatic carbocycles. The van der Waals surface area contributed by atoms with Crippen molar-refractivity contribution < 1.29 is 9.84 Å². The SMILES string of the molecule is CCC1CN(CC(O)c2ccc(CN)cc2)CCO1. The lowest BCUT2D eigenvalue weighted by Crippen LogP contribution is -2.43. The molecular formula is C15H24N2O2. The van der Waals surface area contributed by atoms with E-state index in [1.54, 1.807) is 0 Å². The minimum absolute atomic E-state index is 0.306. The molecule has 4 nitrogen and oxygen atoms in total. The quantitative estimate of drug-likeness (QED) is 0.841. The summed E-state index contributed by atoms with van der Waals surface area (Å²) in [5, 5.41) is 10.3. The van der Waals surface area contributed by atoms with E-state index < -0.39 is 6.10 Å². The number of aliphatic hydroxyl groups is 1. The van der Waals surface area contributed by atoms with Crippen LogP contribution in [0.15, 0.2) is 24.3 Å². The molecule has 2 rings (SSSR count). The van der Waals surface area contributed by atoms with Crippen molar-refractivity contribution in [2.45, 2.75) is 32.1 Å². The molecule has 1 aliphatic heterocycles. The topological polar surface area (TPSA) is 58.7 Å². The second-order valence-corrected chi connectivity index (χ2v) is 5.12. The number of nitrogens with zero attached hydrogens (tertiary/aromatic N) is 1. The Kier molecular flexibility index (Phi) is 5.34. The van der Waals surface area contributed by atoms with Gasteiger partial charge in [0.2, 0.25) is 0 Å². The molecule has 1 aromatic rings. The standard InChI is InChI=1S/C15H24N2O2/c1-2-14-10-17(7-8-19-14)11-15(18)13-5-3-12(9-16)4-6-13/h3-6,14-15,18H,2,7-11,16H2,1H3. The number of hydrogen-bond acceptors (Lipinski definition) is 4. The van der Waals surface area contributed by atoms with Gasteiger partial charge in [0, 0.05) is 26.2 Å². The maximum Gasteiger partial charge on any atom is 0.0916 e. The van der Waals surface area contributed by atoms with Crippen molar-refractivity contribution in [3.05, 3.63) is 35.4 Å². The number of nitrogens with two attached hydrogens (primary N) is 1. The van der Waals surface area contributed by atoms with Crippen LogP contribution in [0.4, 0.5) is 0 Å². The summed E-state index contributed by atoms with van der Waals surface area (Å²) in [6.45, 7) is 5.91. The molecule has 0 amide bonds. The van der Waals surface area contributed by atoms with Gasteiger partial charge in [-0.05, 0) is 17.5 Å². The predicted molar refractivity (Wildman–Crippen MR) is 75.8 cm³/mol. The highest BCUT2D eigenvalue weighted by atomic mass is 16.5. The number of hydrogen-bond donors (Lipinski definition) is 2. The molecule has 1 aromatic carbocycles. The number of aliphatic hydroxyl groups excluding tert-OH is 1. The van der Waals surface area contributed by atoms with Gasteiger partial charge in [-0.25, -0.2) is 0 Å². The summed E-state index contributed by atoms with van der Waals surface area (Å²) >= 11 is 0. The van der Waals surface area contributed by atoms with Gasteiger partial charge >= 0.3 is 0 Å². The average molecular weight is 264 g/mol. The molecule has 106 valence electrons. The van der Waals surface area contributed by atoms with Gasteiger partial charge < -0.3 is 15.6 Å². The highest BCUT2D eigenvalue weighted by Gasteiger charge is 2.21. The first kappa shape index (κ1) is 14.5. The molecule has 0 radical (unpaired) electrons. The number of benzene rings is 1. The summed E-state index contributed by atoms with van der Waals surface area (Å²) in [5.41, 5.74) is 7.62. The molecule has 1 aliphatic rings. The molecule has 2 atom stereocenters. The zero-order valence-electron chi connectivity index (χ0n) is 11.6. The van der Waals surface area contributed by atoms with E-state index in [4.69, 9.17) is 10.5 Å². The van der Waals surface area contributed by atoms with Crippen molar-refractivity contribution in [2.75, 3.05) is 26.2 Å². The summed E-state index contributed by atoms with van der Waals surface area (Å²) in [6.07, 6.45) is 0.889. The Morgan fingerprint density at radius 2 is 2.16 bits per heavy atom. The molecule has 2 unspecified atom stereocenters. The van der Waals surface area contributed by atoms with E-state index in [1.807, 2.05) is 24.3 Å². The summed E-state index contributed by atoms with van der Waals surface area (Å²) < 4.78 is 5.64. The monoisotopic (exact) mass is 264 g/mol. The summed E-state index contributed by atoms with van der Waals surface area (Å²) in [7, 11) is 0. The third-order valence-electron chi connectivity index (χ3n) is 3.71. The third-order valence-corrected chi connectivity index (χ3v) is 3.71. The highest BCUT2D eigenvalue weighted by molar-refractivity contribution is 5.24. The molecule has 1 fully saturated rings. The van der Waals surface area contributed by atoms with Gasteiger partial charge in [0.1, 0.15) is 0 Å². The van der Waals surface area contributed by atoms with Crippen LogP contribution in [-0.4, -0.2) is 42.4 Å². The maximum absolute atomic E-state index is 10.3. The van der Waals surface area contributed by atoms with Crippen LogP contribution < -0.4 is 5.73 Å². The lowest BCUT2D eigenvalue weighted by atomic mass is 10.1. The highest BCUT2D eigenvalue weighted by Crippen LogP contribution is 2.17. The van der Waals surface area contributed by atoms with Crippen LogP contribution in [0.1, 0.15) is 30.6 Å². The fourth-order valence-electron chi connectivity index (χ4n) is 2.42. The Morgan fingerprint density at radius 3 is 2.79 bits per heavy atom. The van der Waals surface area contributed by atoms with Crippen molar-refractivity contribution in [3.8, 4) is 0 Å². The normalized spacial score (nSPS) is 22.4. The number of ether oxygens (including phenoxy) is 1. The zero-order valence-corrected chi connectivity index (χ0v) is 11.6. The van der Waals surface area contributed by atoms with Crippen LogP contribution in [0.3, 0.4) is 0 Å². The second kappa shape index (κ2) is 7.01. The minimum atomic E-state index is -0.442. The molecule has 4 heteroatoms. The number of morpholine rings is 1. The van der Waals surface area contributed by atoms with E-state index in [0.29, 0.717) is 19.2 Å². The van der Waals surface area contributed by atoms with Crippen molar-refractivity contribution >= 4 is 0 Å². The summed E-state index contributed by atoms with van der Waals surface area (Å²) in [4.78, 5) is 2.28. The van der Waals surface area contributed by atoms with Gasteiger partial charge in [0.15, 0.2) is 0 Å². The van der Waals surface area contributed by atoms with E-state index in [0.717, 1.165) is 37.2 Å². The fraction of sp³-hybridized carbons (Fsp3) is 0.600. The summed E-state index contributed by atoms with van der Waals surface area (Å²) in [6, 6.07) is 7.88. The molecule has 3 N–H and O–H groups in total. The van der Waals surface area contributed by atoms with E-state index in [-0.39, 0.29) is 0 Å². The first-order chi connectivity index (χ1) is 9.22. The average Bonchev–Trinajstić information content (AvgIpc) is 2.47. The first-order valence-corrected chi connectivity index (χ1v) is 7.03. The summed E-state index contributed by atoms with van der Waals surface area (Å²) in [5.74, 6) is 0. The number of rotatable bonds is 5. The number of β-amino-alcohol motifs (C(OH)–C–C–N with tert-alkyl or cyclic N) is 1. The Morgan fingerprint density at radius 1 is 1.42 bits per heavy atom. The Labute approximate surface area is 115 Å². The molecule has 1 heterocycles. The van der Waals surface area contributed by atoms with Crippen molar-refractivity contribution in [2.24, 2.45) is 5.73 Å². The molecule has 1 saturated heterocycles. The third kappa shape index (κ3) is 4.01. The van der Waals surface area contributed by atoms with Gasteiger partial charge in [0.25, 0.3) is 0 Å². The zero-order chi connectivity index (χ0) is 13.7. The van der Waals surface area contributed by atoms with Crippen LogP contribution in [-0.2, 0) is 11.3 Å². The molecule has 0 bridgehead atoms. The van der Waals surface area contributed by atoms with Gasteiger partial charge in [-0.2, -0.15) is 0 Å². The van der Waals surface area contributed by atoms with E-state index in [9.17, 15) is 5.11 Å². The van der Waals surface area contributed by atoms with Gasteiger partial charge in [-0.3, -0.25) is 4.90 Å².